The Bertz CT molecular complexity index is 213. The zero-order valence-corrected chi connectivity index (χ0v) is 5.57. The van der Waals surface area contributed by atoms with Gasteiger partial charge in [-0.3, -0.25) is 9.59 Å². The van der Waals surface area contributed by atoms with E-state index in [0.29, 0.717) is 12.8 Å². The quantitative estimate of drug-likeness (QED) is 0.188. The Labute approximate surface area is 62.3 Å². The van der Waals surface area contributed by atoms with Crippen molar-refractivity contribution in [2.45, 2.75) is 6.04 Å². The highest BCUT2D eigenvalue weighted by atomic mass is 16.4. The summed E-state index contributed by atoms with van der Waals surface area (Å²) in [4.78, 5) is 21.1. The highest BCUT2D eigenvalue weighted by Crippen LogP contribution is 1.91. The largest absolute Gasteiger partial charge is 0.411 e. The molecule has 0 aromatic heterocycles. The van der Waals surface area contributed by atoms with Crippen molar-refractivity contribution in [2.24, 2.45) is 5.16 Å². The van der Waals surface area contributed by atoms with Crippen LogP contribution in [0.5, 0.6) is 0 Å². The van der Waals surface area contributed by atoms with E-state index in [0.717, 1.165) is 0 Å². The maximum absolute atomic E-state index is 10.6. The van der Waals surface area contributed by atoms with Gasteiger partial charge in [0, 0.05) is 6.54 Å². The Hall–Kier alpha value is -1.59. The van der Waals surface area contributed by atoms with Gasteiger partial charge in [-0.05, 0) is 0 Å². The molecule has 6 heteroatoms. The summed E-state index contributed by atoms with van der Waals surface area (Å²) in [7, 11) is 0. The second-order valence-electron chi connectivity index (χ2n) is 2.05. The maximum Gasteiger partial charge on any atom is 0.266 e. The van der Waals surface area contributed by atoms with Gasteiger partial charge in [0.15, 0.2) is 0 Å². The first-order valence-electron chi connectivity index (χ1n) is 2.99. The number of carbonyl (C=O) groups is 2. The summed E-state index contributed by atoms with van der Waals surface area (Å²) < 4.78 is 0. The van der Waals surface area contributed by atoms with Crippen molar-refractivity contribution in [3.8, 4) is 0 Å². The average Bonchev–Trinajstić information content (AvgIpc) is 1.98. The fourth-order valence-electron chi connectivity index (χ4n) is 0.665. The minimum absolute atomic E-state index is 0.218. The molecule has 0 aromatic rings. The topological polar surface area (TPSA) is 90.8 Å². The van der Waals surface area contributed by atoms with Gasteiger partial charge in [-0.2, -0.15) is 0 Å². The van der Waals surface area contributed by atoms with Crippen molar-refractivity contribution in [2.75, 3.05) is 6.54 Å². The van der Waals surface area contributed by atoms with Crippen LogP contribution in [-0.2, 0) is 9.59 Å². The third kappa shape index (κ3) is 1.66. The van der Waals surface area contributed by atoms with Crippen molar-refractivity contribution < 1.29 is 14.8 Å². The lowest BCUT2D eigenvalue weighted by molar-refractivity contribution is -0.131. The van der Waals surface area contributed by atoms with E-state index in [1.54, 1.807) is 0 Å². The summed E-state index contributed by atoms with van der Waals surface area (Å²) in [5.41, 5.74) is 0. The number of amides is 2. The number of nitrogens with zero attached hydrogens (tertiary/aromatic N) is 1. The van der Waals surface area contributed by atoms with Gasteiger partial charge < -0.3 is 15.8 Å². The van der Waals surface area contributed by atoms with Crippen LogP contribution >= 0.6 is 0 Å². The molecular formula is C5H7N3O3. The summed E-state index contributed by atoms with van der Waals surface area (Å²) >= 11 is 0. The Morgan fingerprint density at radius 3 is 3.00 bits per heavy atom. The third-order valence-electron chi connectivity index (χ3n) is 1.29. The van der Waals surface area contributed by atoms with Crippen molar-refractivity contribution in [1.29, 1.82) is 0 Å². The Kier molecular flexibility index (Phi) is 2.05. The maximum atomic E-state index is 10.6. The molecule has 1 fully saturated rings. The number of carbonyl (C=O) groups excluding carboxylic acids is 2. The number of hydrogen-bond donors (Lipinski definition) is 3. The number of oxime groups is 1. The molecule has 1 saturated heterocycles. The van der Waals surface area contributed by atoms with Crippen LogP contribution in [0.25, 0.3) is 0 Å². The van der Waals surface area contributed by atoms with Crippen LogP contribution in [0.4, 0.5) is 0 Å². The molecular weight excluding hydrogens is 150 g/mol. The summed E-state index contributed by atoms with van der Waals surface area (Å²) in [6, 6.07) is -0.472. The smallest absolute Gasteiger partial charge is 0.266 e. The second-order valence-corrected chi connectivity index (χ2v) is 2.05. The van der Waals surface area contributed by atoms with E-state index in [9.17, 15) is 9.59 Å². The van der Waals surface area contributed by atoms with Crippen molar-refractivity contribution in [3.05, 3.63) is 0 Å². The molecule has 0 aliphatic carbocycles. The lowest BCUT2D eigenvalue weighted by Crippen LogP contribution is -2.61. The molecule has 0 bridgehead atoms. The molecule has 11 heavy (non-hydrogen) atoms. The van der Waals surface area contributed by atoms with Crippen LogP contribution in [0.3, 0.4) is 0 Å². The molecule has 1 aliphatic heterocycles. The SMILES string of the molecule is O=C(C=NO)NC1CNC1=O. The summed E-state index contributed by atoms with van der Waals surface area (Å²) in [5.74, 6) is -0.794. The Morgan fingerprint density at radius 1 is 1.91 bits per heavy atom. The fourth-order valence-corrected chi connectivity index (χ4v) is 0.665. The van der Waals surface area contributed by atoms with Crippen molar-refractivity contribution >= 4 is 18.0 Å². The molecule has 6 nitrogen and oxygen atoms in total. The predicted octanol–water partition coefficient (Wildman–Crippen LogP) is -1.94. The summed E-state index contributed by atoms with van der Waals surface area (Å²) in [5, 5.41) is 15.2. The third-order valence-corrected chi connectivity index (χ3v) is 1.29. The lowest BCUT2D eigenvalue weighted by atomic mass is 10.1. The molecule has 0 radical (unpaired) electrons. The first-order chi connectivity index (χ1) is 5.24. The van der Waals surface area contributed by atoms with E-state index in [-0.39, 0.29) is 5.91 Å². The second kappa shape index (κ2) is 3.00. The van der Waals surface area contributed by atoms with E-state index in [4.69, 9.17) is 5.21 Å². The van der Waals surface area contributed by atoms with E-state index >= 15 is 0 Å². The zero-order chi connectivity index (χ0) is 8.27. The molecule has 60 valence electrons. The molecule has 2 amide bonds. The van der Waals surface area contributed by atoms with Crippen LogP contribution < -0.4 is 10.6 Å². The Balaban J connectivity index is 2.30. The molecule has 0 aromatic carbocycles. The van der Waals surface area contributed by atoms with Crippen LogP contribution in [0, 0.1) is 0 Å². The first-order valence-corrected chi connectivity index (χ1v) is 2.99. The van der Waals surface area contributed by atoms with Gasteiger partial charge in [0.1, 0.15) is 12.3 Å². The van der Waals surface area contributed by atoms with Gasteiger partial charge in [-0.15, -0.1) is 0 Å². The normalized spacial score (nSPS) is 22.5. The van der Waals surface area contributed by atoms with Crippen LogP contribution in [-0.4, -0.2) is 35.8 Å². The van der Waals surface area contributed by atoms with E-state index in [1.165, 1.54) is 0 Å². The molecule has 1 aliphatic rings. The molecule has 1 heterocycles. The number of hydrogen-bond acceptors (Lipinski definition) is 4. The average molecular weight is 157 g/mol. The fraction of sp³-hybridized carbons (Fsp3) is 0.400. The van der Waals surface area contributed by atoms with Crippen LogP contribution in [0.2, 0.25) is 0 Å². The van der Waals surface area contributed by atoms with Gasteiger partial charge >= 0.3 is 0 Å². The first kappa shape index (κ1) is 7.52. The Morgan fingerprint density at radius 2 is 2.64 bits per heavy atom. The van der Waals surface area contributed by atoms with Gasteiger partial charge in [-0.25, -0.2) is 0 Å². The predicted molar refractivity (Wildman–Crippen MR) is 35.2 cm³/mol. The lowest BCUT2D eigenvalue weighted by Gasteiger charge is -2.25. The minimum Gasteiger partial charge on any atom is -0.411 e. The van der Waals surface area contributed by atoms with Crippen molar-refractivity contribution in [1.82, 2.24) is 10.6 Å². The molecule has 1 unspecified atom stereocenters. The summed E-state index contributed by atoms with van der Waals surface area (Å²) in [6.45, 7) is 0.434. The monoisotopic (exact) mass is 157 g/mol. The standard InChI is InChI=1S/C5H7N3O3/c9-4(2-7-11)8-3-1-6-5(3)10/h2-3,11H,1H2,(H,6,10)(H,8,9). The van der Waals surface area contributed by atoms with Crippen LogP contribution in [0.15, 0.2) is 5.16 Å². The van der Waals surface area contributed by atoms with Crippen molar-refractivity contribution in [3.63, 3.8) is 0 Å². The van der Waals surface area contributed by atoms with Gasteiger partial charge in [-0.1, -0.05) is 5.16 Å². The van der Waals surface area contributed by atoms with Gasteiger partial charge in [0.2, 0.25) is 5.91 Å². The van der Waals surface area contributed by atoms with Gasteiger partial charge in [0.05, 0.1) is 0 Å². The van der Waals surface area contributed by atoms with Gasteiger partial charge in [0.25, 0.3) is 5.91 Å². The molecule has 1 atom stereocenters. The summed E-state index contributed by atoms with van der Waals surface area (Å²) in [6.07, 6.45) is 0.700. The van der Waals surface area contributed by atoms with E-state index < -0.39 is 11.9 Å². The molecule has 3 N–H and O–H groups in total. The highest BCUT2D eigenvalue weighted by molar-refractivity contribution is 6.26. The minimum atomic E-state index is -0.577. The molecule has 0 spiro atoms. The molecule has 0 saturated carbocycles. The van der Waals surface area contributed by atoms with E-state index in [1.807, 2.05) is 0 Å². The zero-order valence-electron chi connectivity index (χ0n) is 5.57. The highest BCUT2D eigenvalue weighted by Gasteiger charge is 2.28. The molecule has 1 rings (SSSR count). The van der Waals surface area contributed by atoms with E-state index in [2.05, 4.69) is 15.8 Å². The number of nitrogens with one attached hydrogen (secondary N) is 2. The number of rotatable bonds is 2. The number of β-lactam (4-membered cyclic amide) rings is 1. The van der Waals surface area contributed by atoms with Crippen LogP contribution in [0.1, 0.15) is 0 Å².